The lowest BCUT2D eigenvalue weighted by Crippen LogP contribution is -2.63. The summed E-state index contributed by atoms with van der Waals surface area (Å²) in [5.74, 6) is -5.93. The number of rotatable bonds is 7. The molecule has 4 rings (SSSR count). The number of imide groups is 1. The van der Waals surface area contributed by atoms with Crippen LogP contribution in [0.25, 0.3) is 0 Å². The summed E-state index contributed by atoms with van der Waals surface area (Å²) in [7, 11) is 8.46. The predicted octanol–water partition coefficient (Wildman–Crippen LogP) is -1.54. The van der Waals surface area contributed by atoms with Gasteiger partial charge in [-0.05, 0) is 11.2 Å². The van der Waals surface area contributed by atoms with Crippen LogP contribution in [-0.4, -0.2) is 105 Å². The van der Waals surface area contributed by atoms with E-state index >= 15 is 0 Å². The second-order valence-corrected chi connectivity index (χ2v) is 10.4. The normalized spacial score (nSPS) is 24.3. The fourth-order valence-corrected chi connectivity index (χ4v) is 5.24. The van der Waals surface area contributed by atoms with E-state index in [2.05, 4.69) is 21.1 Å². The molecule has 3 saturated heterocycles. The molecule has 2 radical (unpaired) electrons. The Bertz CT molecular complexity index is 1390. The van der Waals surface area contributed by atoms with Crippen molar-refractivity contribution in [2.24, 2.45) is 0 Å². The molecule has 3 aliphatic rings. The van der Waals surface area contributed by atoms with Gasteiger partial charge in [-0.1, -0.05) is 6.58 Å². The van der Waals surface area contributed by atoms with E-state index in [1.165, 1.54) is 0 Å². The van der Waals surface area contributed by atoms with Crippen molar-refractivity contribution in [2.45, 2.75) is 31.7 Å². The van der Waals surface area contributed by atoms with Gasteiger partial charge in [0.05, 0.1) is 30.9 Å². The number of carbonyl (C=O) groups is 3. The molecule has 3 amide bonds. The highest BCUT2D eigenvalue weighted by Crippen LogP contribution is 2.40. The molecule has 41 heavy (non-hydrogen) atoms. The Morgan fingerprint density at radius 1 is 1.10 bits per heavy atom. The van der Waals surface area contributed by atoms with Crippen LogP contribution in [0.2, 0.25) is 0 Å². The van der Waals surface area contributed by atoms with Crippen molar-refractivity contribution in [2.75, 3.05) is 32.8 Å². The van der Waals surface area contributed by atoms with E-state index in [9.17, 15) is 45.0 Å². The molecule has 1 aromatic carbocycles. The summed E-state index contributed by atoms with van der Waals surface area (Å²) in [4.78, 5) is 40.0. The van der Waals surface area contributed by atoms with Crippen molar-refractivity contribution in [3.05, 3.63) is 46.0 Å². The molecule has 8 N–H and O–H groups in total. The number of aliphatic hydroxyl groups excluding tert-OH is 2. The molecule has 3 aliphatic heterocycles. The summed E-state index contributed by atoms with van der Waals surface area (Å²) in [6, 6.07) is 0. The number of piperidine rings is 1. The fraction of sp³-hybridized carbons (Fsp3) is 0.400. The first kappa shape index (κ1) is 30.2. The smallest absolute Gasteiger partial charge is 0.279 e. The first-order valence-corrected chi connectivity index (χ1v) is 13.1. The van der Waals surface area contributed by atoms with Gasteiger partial charge in [0.15, 0.2) is 23.0 Å². The molecule has 0 aromatic heterocycles. The Hall–Kier alpha value is -3.78. The number of carbonyl (C=O) groups excluding carboxylic acids is 3. The number of benzene rings is 1. The largest absolute Gasteiger partial charge is 0.507 e. The Kier molecular flexibility index (Phi) is 8.55. The zero-order valence-electron chi connectivity index (χ0n) is 21.9. The number of hydrogen-bond donors (Lipinski definition) is 8. The van der Waals surface area contributed by atoms with Crippen LogP contribution in [-0.2, 0) is 32.2 Å². The van der Waals surface area contributed by atoms with Gasteiger partial charge in [0.2, 0.25) is 11.6 Å². The van der Waals surface area contributed by atoms with Crippen molar-refractivity contribution in [3.8, 4) is 17.2 Å². The molecule has 2 atom stereocenters. The number of aliphatic hydroxyl groups is 3. The number of aromatic hydroxyl groups is 3. The molecule has 0 spiro atoms. The topological polar surface area (TPSA) is 212 Å². The first-order valence-electron chi connectivity index (χ1n) is 12.5. The highest BCUT2D eigenvalue weighted by atomic mass is 31.0. The summed E-state index contributed by atoms with van der Waals surface area (Å²) in [5, 5.41) is 68.2. The lowest BCUT2D eigenvalue weighted by atomic mass is 9.93. The van der Waals surface area contributed by atoms with Gasteiger partial charge in [0.1, 0.15) is 13.6 Å². The number of nitrogens with zero attached hydrogens (tertiary/aromatic N) is 2. The van der Waals surface area contributed by atoms with E-state index in [1.54, 1.807) is 0 Å². The van der Waals surface area contributed by atoms with Crippen molar-refractivity contribution in [3.63, 3.8) is 0 Å². The van der Waals surface area contributed by atoms with Crippen molar-refractivity contribution in [1.29, 1.82) is 0 Å². The van der Waals surface area contributed by atoms with Crippen LogP contribution in [0, 0.1) is 0 Å². The molecule has 1 aromatic rings. The van der Waals surface area contributed by atoms with Crippen LogP contribution in [0.5, 0.6) is 17.2 Å². The number of amides is 3. The number of nitrogens with one attached hydrogen (secondary N) is 2. The van der Waals surface area contributed by atoms with Gasteiger partial charge in [-0.25, -0.2) is 0 Å². The highest BCUT2D eigenvalue weighted by molar-refractivity contribution is 7.28. The maximum atomic E-state index is 13.3. The number of hydrogen-bond acceptors (Lipinski definition) is 12. The van der Waals surface area contributed by atoms with Gasteiger partial charge in [0, 0.05) is 49.9 Å². The maximum Gasteiger partial charge on any atom is 0.279 e. The minimum Gasteiger partial charge on any atom is -0.507 e. The first-order chi connectivity index (χ1) is 19.3. The van der Waals surface area contributed by atoms with Gasteiger partial charge >= 0.3 is 0 Å². The zero-order valence-corrected chi connectivity index (χ0v) is 23.1. The number of ether oxygens (including phenoxy) is 1. The van der Waals surface area contributed by atoms with Crippen LogP contribution in [0.1, 0.15) is 24.0 Å². The predicted molar refractivity (Wildman–Crippen MR) is 147 cm³/mol. The maximum absolute atomic E-state index is 13.3. The van der Waals surface area contributed by atoms with Gasteiger partial charge in [-0.3, -0.25) is 29.5 Å². The van der Waals surface area contributed by atoms with Crippen molar-refractivity contribution >= 4 is 40.1 Å². The second-order valence-electron chi connectivity index (χ2n) is 9.81. The molecule has 14 nitrogen and oxygen atoms in total. The third kappa shape index (κ3) is 5.58. The zero-order chi connectivity index (χ0) is 30.2. The van der Waals surface area contributed by atoms with Crippen LogP contribution < -0.4 is 15.9 Å². The summed E-state index contributed by atoms with van der Waals surface area (Å²) >= 11 is 0. The van der Waals surface area contributed by atoms with Crippen LogP contribution >= 0.6 is 9.24 Å². The number of morpholine rings is 1. The number of phenolic OH excluding ortho intramolecular Hbond substituents is 3. The fourth-order valence-electron chi connectivity index (χ4n) is 4.87. The standard InChI is InChI=1S/C25H30BN4O10P/c1-11(31)17(33)16-13(10-30(23(16)37)25(39)3-2-15(32)28-24(25)38)22(26)27-8-12-18(34)14(19(35)20(36)21(12)41)9-29-4-6-40-7-5-29/h27,31,33-36,39H,1-10,41H2,(H,28,32,38)/b17-16-,22-13+. The van der Waals surface area contributed by atoms with Crippen molar-refractivity contribution in [1.82, 2.24) is 20.4 Å². The van der Waals surface area contributed by atoms with Crippen LogP contribution in [0.4, 0.5) is 0 Å². The van der Waals surface area contributed by atoms with Gasteiger partial charge in [-0.2, -0.15) is 0 Å². The van der Waals surface area contributed by atoms with Gasteiger partial charge in [0.25, 0.3) is 11.8 Å². The average Bonchev–Trinajstić information content (AvgIpc) is 3.29. The van der Waals surface area contributed by atoms with E-state index < -0.39 is 65.0 Å². The monoisotopic (exact) mass is 588 g/mol. The minimum absolute atomic E-state index is 0.0698. The number of phenols is 3. The van der Waals surface area contributed by atoms with Crippen molar-refractivity contribution < 1.29 is 49.8 Å². The molecule has 2 unspecified atom stereocenters. The Morgan fingerprint density at radius 2 is 1.76 bits per heavy atom. The minimum atomic E-state index is -2.45. The molecule has 3 fully saturated rings. The molecule has 218 valence electrons. The van der Waals surface area contributed by atoms with Crippen LogP contribution in [0.15, 0.2) is 34.8 Å². The van der Waals surface area contributed by atoms with Gasteiger partial charge in [-0.15, -0.1) is 9.24 Å². The van der Waals surface area contributed by atoms with Gasteiger partial charge < -0.3 is 40.7 Å². The summed E-state index contributed by atoms with van der Waals surface area (Å²) in [5.41, 5.74) is -3.14. The summed E-state index contributed by atoms with van der Waals surface area (Å²) in [6.45, 7) is 4.61. The Labute approximate surface area is 238 Å². The Morgan fingerprint density at radius 3 is 2.37 bits per heavy atom. The molecule has 16 heteroatoms. The molecular formula is C25H30BN4O10P. The second kappa shape index (κ2) is 11.6. The molecule has 0 saturated carbocycles. The summed E-state index contributed by atoms with van der Waals surface area (Å²) < 4.78 is 5.32. The van der Waals surface area contributed by atoms with E-state index in [0.29, 0.717) is 31.2 Å². The SMILES string of the molecule is [B]/C(NCc1c(O)c(CN2CCOCC2)c(O)c(O)c1P)=C1/CN(C2(O)CCC(=O)NC2=O)C(=O)/C1=C(\O)C(=C)O. The molecule has 0 aliphatic carbocycles. The third-order valence-electron chi connectivity index (χ3n) is 7.28. The highest BCUT2D eigenvalue weighted by Gasteiger charge is 2.52. The Balaban J connectivity index is 1.68. The lowest BCUT2D eigenvalue weighted by molar-refractivity contribution is -0.177. The average molecular weight is 588 g/mol. The van der Waals surface area contributed by atoms with E-state index in [4.69, 9.17) is 12.6 Å². The number of likely N-dealkylation sites (tertiary alicyclic amines) is 1. The van der Waals surface area contributed by atoms with E-state index in [0.717, 1.165) is 0 Å². The third-order valence-corrected chi connectivity index (χ3v) is 7.90. The molecule has 3 heterocycles. The quantitative estimate of drug-likeness (QED) is 0.0346. The van der Waals surface area contributed by atoms with E-state index in [1.807, 2.05) is 10.2 Å². The summed E-state index contributed by atoms with van der Waals surface area (Å²) in [6.07, 6.45) is -0.676. The molecule has 0 bridgehead atoms. The molecular weight excluding hydrogens is 558 g/mol. The van der Waals surface area contributed by atoms with Crippen LogP contribution in [0.3, 0.4) is 0 Å². The lowest BCUT2D eigenvalue weighted by Gasteiger charge is -2.37. The van der Waals surface area contributed by atoms with E-state index in [-0.39, 0.29) is 52.9 Å².